The lowest BCUT2D eigenvalue weighted by molar-refractivity contribution is -0.165. The van der Waals surface area contributed by atoms with Gasteiger partial charge in [0.1, 0.15) is 12.4 Å². The summed E-state index contributed by atoms with van der Waals surface area (Å²) in [4.78, 5) is 44.8. The molecule has 0 aromatic heterocycles. The second-order valence-electron chi connectivity index (χ2n) is 9.13. The van der Waals surface area contributed by atoms with Crippen molar-refractivity contribution in [2.45, 2.75) is 61.2 Å². The zero-order valence-corrected chi connectivity index (χ0v) is 24.1. The number of carbonyl (C=O) groups is 4. The highest BCUT2D eigenvalue weighted by Gasteiger charge is 2.31. The molecule has 39 heavy (non-hydrogen) atoms. The monoisotopic (exact) mass is 604 g/mol. The van der Waals surface area contributed by atoms with Gasteiger partial charge in [0.25, 0.3) is 5.24 Å². The molecule has 2 saturated heterocycles. The van der Waals surface area contributed by atoms with Gasteiger partial charge in [-0.05, 0) is 57.0 Å². The molecule has 1 aromatic rings. The minimum atomic E-state index is -2.27. The number of aliphatic hydroxyl groups excluding tert-OH is 2. The summed E-state index contributed by atoms with van der Waals surface area (Å²) < 4.78 is 5.85. The molecule has 2 aliphatic heterocycles. The van der Waals surface area contributed by atoms with Crippen LogP contribution in [0.2, 0.25) is 0 Å². The van der Waals surface area contributed by atoms with Crippen molar-refractivity contribution in [2.24, 2.45) is 0 Å². The molecule has 0 radical (unpaired) electrons. The summed E-state index contributed by atoms with van der Waals surface area (Å²) in [6.45, 7) is 2.70. The number of benzene rings is 1. The van der Waals surface area contributed by atoms with E-state index in [0.717, 1.165) is 41.4 Å². The van der Waals surface area contributed by atoms with Gasteiger partial charge in [-0.1, -0.05) is 58.3 Å². The molecule has 3 rings (SSSR count). The van der Waals surface area contributed by atoms with Gasteiger partial charge in [-0.3, -0.25) is 14.9 Å². The highest BCUT2D eigenvalue weighted by atomic mass is 33.1. The summed E-state index contributed by atoms with van der Waals surface area (Å²) in [6.07, 6.45) is 2.72. The molecule has 2 heterocycles. The van der Waals surface area contributed by atoms with E-state index in [2.05, 4.69) is 28.1 Å². The van der Waals surface area contributed by atoms with E-state index < -0.39 is 24.1 Å². The van der Waals surface area contributed by atoms with Crippen LogP contribution < -0.4 is 10.1 Å². The van der Waals surface area contributed by atoms with E-state index in [1.807, 2.05) is 35.1 Å². The number of unbranched alkanes of at least 4 members (excludes halogenated alkanes) is 2. The first-order valence-corrected chi connectivity index (χ1v) is 15.8. The van der Waals surface area contributed by atoms with Gasteiger partial charge in [0.05, 0.1) is 5.25 Å². The first-order chi connectivity index (χ1) is 18.6. The quantitative estimate of drug-likeness (QED) is 0.146. The number of imide groups is 1. The van der Waals surface area contributed by atoms with Gasteiger partial charge in [-0.2, -0.15) is 0 Å². The lowest BCUT2D eigenvalue weighted by Gasteiger charge is -2.17. The number of aliphatic carboxylic acids is 2. The Bertz CT molecular complexity index is 927. The van der Waals surface area contributed by atoms with E-state index in [1.54, 1.807) is 0 Å². The Morgan fingerprint density at radius 1 is 1.05 bits per heavy atom. The van der Waals surface area contributed by atoms with E-state index >= 15 is 0 Å². The molecule has 0 aliphatic carbocycles. The predicted molar refractivity (Wildman–Crippen MR) is 152 cm³/mol. The predicted octanol–water partition coefficient (Wildman–Crippen LogP) is 2.48. The minimum Gasteiger partial charge on any atom is -0.492 e. The number of nitrogens with zero attached hydrogens (tertiary/aromatic N) is 1. The van der Waals surface area contributed by atoms with Crippen LogP contribution in [-0.2, 0) is 20.8 Å². The summed E-state index contributed by atoms with van der Waals surface area (Å²) in [7, 11) is 6.27. The molecule has 5 N–H and O–H groups in total. The fraction of sp³-hybridized carbons (Fsp3) is 0.600. The van der Waals surface area contributed by atoms with Gasteiger partial charge in [0, 0.05) is 17.5 Å². The van der Waals surface area contributed by atoms with Crippen molar-refractivity contribution in [1.82, 2.24) is 10.2 Å². The number of ether oxygens (including phenoxy) is 1. The topological polar surface area (TPSA) is 174 Å². The van der Waals surface area contributed by atoms with E-state index in [4.69, 9.17) is 25.2 Å². The Labute approximate surface area is 239 Å². The summed E-state index contributed by atoms with van der Waals surface area (Å²) in [5.74, 6) is -1.56. The van der Waals surface area contributed by atoms with Crippen molar-refractivity contribution in [3.05, 3.63) is 29.8 Å². The second kappa shape index (κ2) is 17.7. The number of carboxylic acids is 2. The smallest absolute Gasteiger partial charge is 0.335 e. The number of hydrogen-bond donors (Lipinski definition) is 5. The van der Waals surface area contributed by atoms with Crippen LogP contribution in [0.1, 0.15) is 37.7 Å². The molecule has 0 spiro atoms. The average molecular weight is 605 g/mol. The Hall–Kier alpha value is -1.97. The number of carbonyl (C=O) groups excluding carboxylic acids is 2. The average Bonchev–Trinajstić information content (AvgIpc) is 3.53. The number of amides is 2. The van der Waals surface area contributed by atoms with Crippen LogP contribution in [0.15, 0.2) is 24.3 Å². The lowest BCUT2D eigenvalue weighted by atomic mass is 10.1. The van der Waals surface area contributed by atoms with Crippen LogP contribution in [-0.4, -0.2) is 104 Å². The number of aliphatic hydroxyl groups is 2. The molecule has 218 valence electrons. The van der Waals surface area contributed by atoms with Gasteiger partial charge in [0.15, 0.2) is 12.2 Å². The SMILES string of the molecule is CN(CCCCCC1CCSS1)CCOc1ccc(CC2SC(=O)NC2=O)cc1.O=C(O)C(O)C(O)C(=O)O. The summed E-state index contributed by atoms with van der Waals surface area (Å²) in [5, 5.41) is 35.2. The van der Waals surface area contributed by atoms with E-state index in [1.165, 1.54) is 37.9 Å². The highest BCUT2D eigenvalue weighted by molar-refractivity contribution is 8.77. The maximum absolute atomic E-state index is 11.6. The molecule has 2 fully saturated rings. The van der Waals surface area contributed by atoms with Gasteiger partial charge in [0.2, 0.25) is 5.91 Å². The second-order valence-corrected chi connectivity index (χ2v) is 13.1. The highest BCUT2D eigenvalue weighted by Crippen LogP contribution is 2.39. The fourth-order valence-electron chi connectivity index (χ4n) is 3.66. The molecule has 4 atom stereocenters. The maximum Gasteiger partial charge on any atom is 0.335 e. The molecule has 2 aliphatic rings. The third-order valence-electron chi connectivity index (χ3n) is 5.95. The van der Waals surface area contributed by atoms with Gasteiger partial charge in [-0.25, -0.2) is 9.59 Å². The largest absolute Gasteiger partial charge is 0.492 e. The molecule has 1 aromatic carbocycles. The van der Waals surface area contributed by atoms with Crippen molar-refractivity contribution >= 4 is 56.4 Å². The standard InChI is InChI=1S/C21H30N2O3S3.C4H6O6/c1-23(11-4-2-3-5-18-10-14-27-29-18)12-13-26-17-8-6-16(7-9-17)15-19-20(24)22-21(25)28-19;5-1(3(7)8)2(6)4(9)10/h6-9,18-19H,2-5,10-15H2,1H3,(H,22,24,25);1-2,5-6H,(H,7,8)(H,9,10). The number of likely N-dealkylation sites (N-methyl/N-ethyl adjacent to an activating group) is 1. The third kappa shape index (κ3) is 12.8. The van der Waals surface area contributed by atoms with Gasteiger partial charge < -0.3 is 30.1 Å². The van der Waals surface area contributed by atoms with Crippen molar-refractivity contribution in [2.75, 3.05) is 32.5 Å². The number of rotatable bonds is 15. The van der Waals surface area contributed by atoms with E-state index in [0.29, 0.717) is 13.0 Å². The number of hydrogen-bond acceptors (Lipinski definition) is 11. The summed E-state index contributed by atoms with van der Waals surface area (Å²) >= 11 is 1.07. The van der Waals surface area contributed by atoms with Crippen LogP contribution in [0.5, 0.6) is 5.75 Å². The first-order valence-electron chi connectivity index (χ1n) is 12.6. The van der Waals surface area contributed by atoms with Gasteiger partial charge in [-0.15, -0.1) is 0 Å². The zero-order valence-electron chi connectivity index (χ0n) is 21.7. The van der Waals surface area contributed by atoms with Gasteiger partial charge >= 0.3 is 11.9 Å². The Balaban J connectivity index is 0.000000455. The maximum atomic E-state index is 11.6. The van der Waals surface area contributed by atoms with Crippen molar-refractivity contribution in [3.8, 4) is 5.75 Å². The minimum absolute atomic E-state index is 0.195. The van der Waals surface area contributed by atoms with Crippen LogP contribution in [0.25, 0.3) is 0 Å². The Kier molecular flexibility index (Phi) is 15.1. The summed E-state index contributed by atoms with van der Waals surface area (Å²) in [5.41, 5.74) is 1.03. The fourth-order valence-corrected chi connectivity index (χ4v) is 7.55. The van der Waals surface area contributed by atoms with Crippen molar-refractivity contribution < 1.29 is 44.3 Å². The molecular weight excluding hydrogens is 568 g/mol. The van der Waals surface area contributed by atoms with Crippen LogP contribution in [0, 0.1) is 0 Å². The number of nitrogens with one attached hydrogen (secondary N) is 1. The Morgan fingerprint density at radius 3 is 2.26 bits per heavy atom. The third-order valence-corrected chi connectivity index (χ3v) is 9.94. The number of carboxylic acid groups (broad SMARTS) is 2. The van der Waals surface area contributed by atoms with Crippen molar-refractivity contribution in [3.63, 3.8) is 0 Å². The van der Waals surface area contributed by atoms with Crippen LogP contribution in [0.3, 0.4) is 0 Å². The van der Waals surface area contributed by atoms with Crippen LogP contribution in [0.4, 0.5) is 4.79 Å². The Morgan fingerprint density at radius 2 is 1.72 bits per heavy atom. The molecule has 4 unspecified atom stereocenters. The molecule has 11 nitrogen and oxygen atoms in total. The van der Waals surface area contributed by atoms with Crippen LogP contribution >= 0.6 is 33.3 Å². The lowest BCUT2D eigenvalue weighted by Crippen LogP contribution is -2.39. The molecule has 14 heteroatoms. The number of thioether (sulfide) groups is 1. The van der Waals surface area contributed by atoms with Crippen molar-refractivity contribution in [1.29, 1.82) is 0 Å². The molecule has 0 bridgehead atoms. The normalized spacial score (nSPS) is 20.2. The van der Waals surface area contributed by atoms with E-state index in [-0.39, 0.29) is 16.4 Å². The molecule has 0 saturated carbocycles. The zero-order chi connectivity index (χ0) is 28.8. The first kappa shape index (κ1) is 33.2. The molecule has 2 amide bonds. The molecular formula is C25H36N2O9S3. The summed E-state index contributed by atoms with van der Waals surface area (Å²) in [6, 6.07) is 7.82. The van der Waals surface area contributed by atoms with E-state index in [9.17, 15) is 19.2 Å².